The maximum absolute atomic E-state index is 12.2. The van der Waals surface area contributed by atoms with E-state index in [0.717, 1.165) is 5.69 Å². The molecule has 2 aromatic rings. The van der Waals surface area contributed by atoms with Crippen LogP contribution in [0, 0.1) is 0 Å². The molecule has 0 heterocycles. The number of amides is 1. The Hall–Kier alpha value is -3.02. The largest absolute Gasteiger partial charge is 0.495 e. The van der Waals surface area contributed by atoms with Crippen LogP contribution in [0.15, 0.2) is 48.5 Å². The van der Waals surface area contributed by atoms with Gasteiger partial charge in [0.2, 0.25) is 0 Å². The monoisotopic (exact) mass is 342 g/mol. The third-order valence-corrected chi connectivity index (χ3v) is 3.64. The molecule has 0 aliphatic rings. The van der Waals surface area contributed by atoms with Gasteiger partial charge in [-0.05, 0) is 43.3 Å². The van der Waals surface area contributed by atoms with Crippen LogP contribution in [0.2, 0.25) is 0 Å². The van der Waals surface area contributed by atoms with Crippen LogP contribution in [-0.4, -0.2) is 39.2 Å². The summed E-state index contributed by atoms with van der Waals surface area (Å²) in [6.07, 6.45) is -0.939. The van der Waals surface area contributed by atoms with Crippen molar-refractivity contribution < 1.29 is 19.1 Å². The van der Waals surface area contributed by atoms with Crippen LogP contribution in [0.1, 0.15) is 17.3 Å². The van der Waals surface area contributed by atoms with E-state index in [9.17, 15) is 9.59 Å². The number of esters is 1. The van der Waals surface area contributed by atoms with E-state index >= 15 is 0 Å². The minimum absolute atomic E-state index is 0.391. The first kappa shape index (κ1) is 18.3. The van der Waals surface area contributed by atoms with Crippen molar-refractivity contribution in [3.05, 3.63) is 54.1 Å². The molecular formula is C19H22N2O4. The second-order valence-corrected chi connectivity index (χ2v) is 5.68. The molecule has 0 saturated heterocycles. The van der Waals surface area contributed by atoms with Gasteiger partial charge in [0.15, 0.2) is 6.10 Å². The van der Waals surface area contributed by atoms with E-state index in [1.807, 2.05) is 31.1 Å². The number of methoxy groups -OCH3 is 1. The van der Waals surface area contributed by atoms with Gasteiger partial charge in [-0.25, -0.2) is 4.79 Å². The van der Waals surface area contributed by atoms with E-state index < -0.39 is 18.0 Å². The van der Waals surface area contributed by atoms with Crippen molar-refractivity contribution in [3.63, 3.8) is 0 Å². The van der Waals surface area contributed by atoms with Crippen molar-refractivity contribution >= 4 is 23.3 Å². The molecule has 0 fully saturated rings. The smallest absolute Gasteiger partial charge is 0.338 e. The fraction of sp³-hybridized carbons (Fsp3) is 0.263. The standard InChI is InChI=1S/C19H22N2O4/c1-13(18(22)20-16-7-5-6-8-17(16)24-4)25-19(23)14-9-11-15(12-10-14)21(2)3/h5-13H,1-4H3,(H,20,22). The van der Waals surface area contributed by atoms with E-state index in [2.05, 4.69) is 5.32 Å². The maximum Gasteiger partial charge on any atom is 0.338 e. The van der Waals surface area contributed by atoms with Crippen LogP contribution in [-0.2, 0) is 9.53 Å². The van der Waals surface area contributed by atoms with Crippen LogP contribution >= 0.6 is 0 Å². The summed E-state index contributed by atoms with van der Waals surface area (Å²) in [6.45, 7) is 1.52. The summed E-state index contributed by atoms with van der Waals surface area (Å²) < 4.78 is 10.4. The summed E-state index contributed by atoms with van der Waals surface area (Å²) >= 11 is 0. The van der Waals surface area contributed by atoms with Crippen molar-refractivity contribution in [1.82, 2.24) is 0 Å². The van der Waals surface area contributed by atoms with E-state index in [0.29, 0.717) is 17.0 Å². The number of hydrogen-bond donors (Lipinski definition) is 1. The first-order chi connectivity index (χ1) is 11.9. The summed E-state index contributed by atoms with van der Waals surface area (Å²) in [5, 5.41) is 2.69. The first-order valence-corrected chi connectivity index (χ1v) is 7.84. The van der Waals surface area contributed by atoms with Gasteiger partial charge < -0.3 is 19.7 Å². The van der Waals surface area contributed by atoms with Crippen LogP contribution in [0.5, 0.6) is 5.75 Å². The lowest BCUT2D eigenvalue weighted by molar-refractivity contribution is -0.123. The predicted molar refractivity (Wildman–Crippen MR) is 97.3 cm³/mol. The minimum atomic E-state index is -0.939. The molecule has 1 N–H and O–H groups in total. The topological polar surface area (TPSA) is 67.9 Å². The Labute approximate surface area is 147 Å². The number of anilines is 2. The summed E-state index contributed by atoms with van der Waals surface area (Å²) in [6, 6.07) is 14.0. The van der Waals surface area contributed by atoms with E-state index in [4.69, 9.17) is 9.47 Å². The molecule has 25 heavy (non-hydrogen) atoms. The summed E-state index contributed by atoms with van der Waals surface area (Å²) in [4.78, 5) is 26.3. The van der Waals surface area contributed by atoms with Crippen molar-refractivity contribution in [2.24, 2.45) is 0 Å². The molecular weight excluding hydrogens is 320 g/mol. The zero-order valence-electron chi connectivity index (χ0n) is 14.8. The number of nitrogens with zero attached hydrogens (tertiary/aromatic N) is 1. The molecule has 2 rings (SSSR count). The van der Waals surface area contributed by atoms with Crippen LogP contribution in [0.3, 0.4) is 0 Å². The molecule has 0 aromatic heterocycles. The zero-order valence-corrected chi connectivity index (χ0v) is 14.8. The Morgan fingerprint density at radius 3 is 2.28 bits per heavy atom. The van der Waals surface area contributed by atoms with Crippen molar-refractivity contribution in [3.8, 4) is 5.75 Å². The summed E-state index contributed by atoms with van der Waals surface area (Å²) in [5.74, 6) is -0.440. The van der Waals surface area contributed by atoms with Gasteiger partial charge in [0.25, 0.3) is 5.91 Å². The van der Waals surface area contributed by atoms with Gasteiger partial charge in [-0.15, -0.1) is 0 Å². The highest BCUT2D eigenvalue weighted by atomic mass is 16.5. The van der Waals surface area contributed by atoms with Gasteiger partial charge in [-0.3, -0.25) is 4.79 Å². The average Bonchev–Trinajstić information content (AvgIpc) is 2.62. The molecule has 0 saturated carbocycles. The number of ether oxygens (including phenoxy) is 2. The Balaban J connectivity index is 1.99. The molecule has 1 unspecified atom stereocenters. The number of carbonyl (C=O) groups excluding carboxylic acids is 2. The van der Waals surface area contributed by atoms with Crippen molar-refractivity contribution in [2.45, 2.75) is 13.0 Å². The molecule has 1 amide bonds. The number of carbonyl (C=O) groups is 2. The lowest BCUT2D eigenvalue weighted by atomic mass is 10.2. The van der Waals surface area contributed by atoms with Gasteiger partial charge in [0, 0.05) is 19.8 Å². The Bertz CT molecular complexity index is 741. The lowest BCUT2D eigenvalue weighted by Gasteiger charge is -2.16. The van der Waals surface area contributed by atoms with Crippen molar-refractivity contribution in [1.29, 1.82) is 0 Å². The lowest BCUT2D eigenvalue weighted by Crippen LogP contribution is -2.30. The molecule has 1 atom stereocenters. The van der Waals surface area contributed by atoms with Crippen LogP contribution < -0.4 is 15.0 Å². The first-order valence-electron chi connectivity index (χ1n) is 7.84. The molecule has 0 aliphatic heterocycles. The van der Waals surface area contributed by atoms with Gasteiger partial charge in [0.1, 0.15) is 5.75 Å². The van der Waals surface area contributed by atoms with Gasteiger partial charge >= 0.3 is 5.97 Å². The molecule has 6 nitrogen and oxygen atoms in total. The third kappa shape index (κ3) is 4.73. The Morgan fingerprint density at radius 1 is 1.04 bits per heavy atom. The highest BCUT2D eigenvalue weighted by Crippen LogP contribution is 2.23. The van der Waals surface area contributed by atoms with Crippen molar-refractivity contribution in [2.75, 3.05) is 31.4 Å². The Morgan fingerprint density at radius 2 is 1.68 bits per heavy atom. The quantitative estimate of drug-likeness (QED) is 0.818. The molecule has 0 radical (unpaired) electrons. The maximum atomic E-state index is 12.2. The summed E-state index contributed by atoms with van der Waals surface area (Å²) in [7, 11) is 5.35. The molecule has 6 heteroatoms. The molecule has 2 aromatic carbocycles. The SMILES string of the molecule is COc1ccccc1NC(=O)C(C)OC(=O)c1ccc(N(C)C)cc1. The van der Waals surface area contributed by atoms with Gasteiger partial charge in [-0.1, -0.05) is 12.1 Å². The molecule has 132 valence electrons. The normalized spacial score (nSPS) is 11.4. The fourth-order valence-corrected chi connectivity index (χ4v) is 2.16. The van der Waals surface area contributed by atoms with E-state index in [-0.39, 0.29) is 0 Å². The van der Waals surface area contributed by atoms with Gasteiger partial charge in [-0.2, -0.15) is 0 Å². The Kier molecular flexibility index (Phi) is 6.00. The number of rotatable bonds is 6. The summed E-state index contributed by atoms with van der Waals surface area (Å²) in [5.41, 5.74) is 1.88. The third-order valence-electron chi connectivity index (χ3n) is 3.64. The second-order valence-electron chi connectivity index (χ2n) is 5.68. The highest BCUT2D eigenvalue weighted by molar-refractivity contribution is 5.98. The second kappa shape index (κ2) is 8.19. The van der Waals surface area contributed by atoms with Crippen LogP contribution in [0.25, 0.3) is 0 Å². The minimum Gasteiger partial charge on any atom is -0.495 e. The zero-order chi connectivity index (χ0) is 18.4. The predicted octanol–water partition coefficient (Wildman–Crippen LogP) is 2.95. The average molecular weight is 342 g/mol. The van der Waals surface area contributed by atoms with E-state index in [1.54, 1.807) is 36.4 Å². The molecule has 0 bridgehead atoms. The highest BCUT2D eigenvalue weighted by Gasteiger charge is 2.20. The van der Waals surface area contributed by atoms with Gasteiger partial charge in [0.05, 0.1) is 18.4 Å². The van der Waals surface area contributed by atoms with Crippen LogP contribution in [0.4, 0.5) is 11.4 Å². The number of nitrogens with one attached hydrogen (secondary N) is 1. The fourth-order valence-electron chi connectivity index (χ4n) is 2.16. The molecule has 0 aliphatic carbocycles. The molecule has 0 spiro atoms. The number of benzene rings is 2. The van der Waals surface area contributed by atoms with E-state index in [1.165, 1.54) is 14.0 Å². The number of para-hydroxylation sites is 2. The number of hydrogen-bond acceptors (Lipinski definition) is 5.